The third kappa shape index (κ3) is 1.54. The number of benzene rings is 1. The van der Waals surface area contributed by atoms with Crippen molar-refractivity contribution in [2.24, 2.45) is 0 Å². The van der Waals surface area contributed by atoms with E-state index in [-0.39, 0.29) is 6.79 Å². The van der Waals surface area contributed by atoms with Crippen LogP contribution in [0.3, 0.4) is 0 Å². The molecule has 16 heavy (non-hydrogen) atoms. The van der Waals surface area contributed by atoms with Gasteiger partial charge in [-0.15, -0.1) is 11.3 Å². The smallest absolute Gasteiger partial charge is 0.231 e. The van der Waals surface area contributed by atoms with Crippen LogP contribution in [-0.4, -0.2) is 11.8 Å². The van der Waals surface area contributed by atoms with E-state index >= 15 is 0 Å². The molecular weight excluding hydrogens is 292 g/mol. The number of nitrogens with zero attached hydrogens (tertiary/aromatic N) is 1. The van der Waals surface area contributed by atoms with Crippen LogP contribution < -0.4 is 15.2 Å². The molecule has 0 amide bonds. The van der Waals surface area contributed by atoms with Gasteiger partial charge in [0.25, 0.3) is 0 Å². The average molecular weight is 299 g/mol. The van der Waals surface area contributed by atoms with E-state index in [1.807, 2.05) is 18.2 Å². The summed E-state index contributed by atoms with van der Waals surface area (Å²) in [6.07, 6.45) is 0. The lowest BCUT2D eigenvalue weighted by Gasteiger charge is -1.98. The van der Waals surface area contributed by atoms with E-state index in [9.17, 15) is 0 Å². The van der Waals surface area contributed by atoms with Crippen molar-refractivity contribution >= 4 is 33.1 Å². The van der Waals surface area contributed by atoms with E-state index < -0.39 is 0 Å². The van der Waals surface area contributed by atoms with Crippen LogP contribution >= 0.6 is 27.3 Å². The molecule has 4 nitrogen and oxygen atoms in total. The Hall–Kier alpha value is -1.27. The maximum Gasteiger partial charge on any atom is 0.231 e. The van der Waals surface area contributed by atoms with E-state index in [4.69, 9.17) is 15.2 Å². The molecule has 6 heteroatoms. The summed E-state index contributed by atoms with van der Waals surface area (Å²) in [5, 5.41) is 0.864. The molecular formula is C10H7BrN2O2S. The molecule has 0 unspecified atom stereocenters. The first kappa shape index (κ1) is 9.92. The summed E-state index contributed by atoms with van der Waals surface area (Å²) in [5.74, 6) is 2.03. The van der Waals surface area contributed by atoms with E-state index in [1.165, 1.54) is 11.3 Å². The van der Waals surface area contributed by atoms with Gasteiger partial charge in [0.15, 0.2) is 11.5 Å². The summed E-state index contributed by atoms with van der Waals surface area (Å²) in [6, 6.07) is 5.73. The van der Waals surface area contributed by atoms with Gasteiger partial charge in [-0.25, -0.2) is 4.98 Å². The molecule has 1 aromatic carbocycles. The Balaban J connectivity index is 2.07. The van der Waals surface area contributed by atoms with Crippen molar-refractivity contribution in [2.75, 3.05) is 12.5 Å². The van der Waals surface area contributed by atoms with E-state index in [2.05, 4.69) is 20.9 Å². The van der Waals surface area contributed by atoms with Crippen LogP contribution in [0, 0.1) is 0 Å². The Bertz CT molecular complexity index is 536. The molecule has 1 aliphatic heterocycles. The highest BCUT2D eigenvalue weighted by molar-refractivity contribution is 9.11. The van der Waals surface area contributed by atoms with E-state index in [0.717, 1.165) is 25.9 Å². The zero-order chi connectivity index (χ0) is 11.1. The number of ether oxygens (including phenoxy) is 2. The van der Waals surface area contributed by atoms with Crippen LogP contribution in [-0.2, 0) is 0 Å². The molecule has 82 valence electrons. The summed E-state index contributed by atoms with van der Waals surface area (Å²) in [4.78, 5) is 4.26. The quantitative estimate of drug-likeness (QED) is 0.879. The fourth-order valence-corrected chi connectivity index (χ4v) is 2.72. The molecule has 1 aromatic heterocycles. The first-order chi connectivity index (χ1) is 7.74. The second-order valence-electron chi connectivity index (χ2n) is 3.25. The van der Waals surface area contributed by atoms with Crippen LogP contribution in [0.25, 0.3) is 10.6 Å². The summed E-state index contributed by atoms with van der Waals surface area (Å²) < 4.78 is 11.4. The highest BCUT2D eigenvalue weighted by Gasteiger charge is 2.15. The minimum Gasteiger partial charge on any atom is -0.454 e. The SMILES string of the molecule is Nc1nc(-c2ccc3c(c2)OCO3)sc1Br. The topological polar surface area (TPSA) is 57.4 Å². The molecule has 1 aliphatic rings. The molecule has 0 radical (unpaired) electrons. The lowest BCUT2D eigenvalue weighted by atomic mass is 10.2. The minimum atomic E-state index is 0.280. The number of aromatic nitrogens is 1. The minimum absolute atomic E-state index is 0.280. The van der Waals surface area contributed by atoms with Gasteiger partial charge in [-0.2, -0.15) is 0 Å². The summed E-state index contributed by atoms with van der Waals surface area (Å²) >= 11 is 4.85. The Kier molecular flexibility index (Phi) is 2.26. The standard InChI is InChI=1S/C10H7BrN2O2S/c11-8-9(12)13-10(16-8)5-1-2-6-7(3-5)15-4-14-6/h1-3H,4,12H2. The van der Waals surface area contributed by atoms with Crippen LogP contribution in [0.15, 0.2) is 22.0 Å². The monoisotopic (exact) mass is 298 g/mol. The van der Waals surface area contributed by atoms with Gasteiger partial charge >= 0.3 is 0 Å². The number of halogens is 1. The second-order valence-corrected chi connectivity index (χ2v) is 5.56. The summed E-state index contributed by atoms with van der Waals surface area (Å²) in [6.45, 7) is 0.280. The van der Waals surface area contributed by atoms with Gasteiger partial charge in [0, 0.05) is 5.56 Å². The number of nitrogen functional groups attached to an aromatic ring is 1. The maximum absolute atomic E-state index is 5.69. The number of fused-ring (bicyclic) bond motifs is 1. The Morgan fingerprint density at radius 3 is 2.88 bits per heavy atom. The third-order valence-corrected chi connectivity index (χ3v) is 4.03. The lowest BCUT2D eigenvalue weighted by Crippen LogP contribution is -1.92. The molecule has 0 spiro atoms. The molecule has 2 aromatic rings. The molecule has 2 heterocycles. The zero-order valence-corrected chi connectivity index (χ0v) is 10.5. The van der Waals surface area contributed by atoms with Crippen LogP contribution in [0.4, 0.5) is 5.82 Å². The van der Waals surface area contributed by atoms with Gasteiger partial charge in [-0.1, -0.05) is 0 Å². The molecule has 0 saturated heterocycles. The molecule has 0 saturated carbocycles. The Labute approximate surface area is 104 Å². The number of thiazole rings is 1. The molecule has 2 N–H and O–H groups in total. The summed E-state index contributed by atoms with van der Waals surface area (Å²) in [7, 11) is 0. The largest absolute Gasteiger partial charge is 0.454 e. The predicted octanol–water partition coefficient (Wildman–Crippen LogP) is 2.88. The Morgan fingerprint density at radius 1 is 1.31 bits per heavy atom. The van der Waals surface area contributed by atoms with Crippen molar-refractivity contribution in [3.8, 4) is 22.1 Å². The highest BCUT2D eigenvalue weighted by Crippen LogP contribution is 2.39. The zero-order valence-electron chi connectivity index (χ0n) is 8.07. The van der Waals surface area contributed by atoms with Gasteiger partial charge in [0.05, 0.1) is 0 Å². The molecule has 0 bridgehead atoms. The van der Waals surface area contributed by atoms with E-state index in [0.29, 0.717) is 5.82 Å². The molecule has 3 rings (SSSR count). The van der Waals surface area contributed by atoms with Gasteiger partial charge in [0.2, 0.25) is 6.79 Å². The van der Waals surface area contributed by atoms with Crippen molar-refractivity contribution in [3.63, 3.8) is 0 Å². The van der Waals surface area contributed by atoms with Crippen LogP contribution in [0.5, 0.6) is 11.5 Å². The normalized spacial score (nSPS) is 13.1. The fraction of sp³-hybridized carbons (Fsp3) is 0.100. The van der Waals surface area contributed by atoms with Gasteiger partial charge in [-0.3, -0.25) is 0 Å². The van der Waals surface area contributed by atoms with E-state index in [1.54, 1.807) is 0 Å². The first-order valence-corrected chi connectivity index (χ1v) is 6.17. The van der Waals surface area contributed by atoms with Gasteiger partial charge in [-0.05, 0) is 34.1 Å². The fourth-order valence-electron chi connectivity index (χ4n) is 1.47. The van der Waals surface area contributed by atoms with Gasteiger partial charge in [0.1, 0.15) is 14.6 Å². The lowest BCUT2D eigenvalue weighted by molar-refractivity contribution is 0.174. The van der Waals surface area contributed by atoms with Crippen molar-refractivity contribution < 1.29 is 9.47 Å². The van der Waals surface area contributed by atoms with Crippen molar-refractivity contribution in [1.82, 2.24) is 4.98 Å². The van der Waals surface area contributed by atoms with Crippen molar-refractivity contribution in [1.29, 1.82) is 0 Å². The number of nitrogens with two attached hydrogens (primary N) is 1. The average Bonchev–Trinajstić information content (AvgIpc) is 2.85. The van der Waals surface area contributed by atoms with Crippen molar-refractivity contribution in [3.05, 3.63) is 22.0 Å². The van der Waals surface area contributed by atoms with Gasteiger partial charge < -0.3 is 15.2 Å². The molecule has 0 fully saturated rings. The second kappa shape index (κ2) is 3.64. The number of anilines is 1. The third-order valence-electron chi connectivity index (χ3n) is 2.23. The summed E-state index contributed by atoms with van der Waals surface area (Å²) in [5.41, 5.74) is 6.67. The van der Waals surface area contributed by atoms with Crippen LogP contribution in [0.1, 0.15) is 0 Å². The van der Waals surface area contributed by atoms with Crippen LogP contribution in [0.2, 0.25) is 0 Å². The highest BCUT2D eigenvalue weighted by atomic mass is 79.9. The number of hydrogen-bond donors (Lipinski definition) is 1. The molecule has 0 atom stereocenters. The molecule has 0 aliphatic carbocycles. The predicted molar refractivity (Wildman–Crippen MR) is 65.8 cm³/mol. The first-order valence-electron chi connectivity index (χ1n) is 4.56. The van der Waals surface area contributed by atoms with Crippen molar-refractivity contribution in [2.45, 2.75) is 0 Å². The maximum atomic E-state index is 5.69. The number of rotatable bonds is 1. The Morgan fingerprint density at radius 2 is 2.12 bits per heavy atom. The number of hydrogen-bond acceptors (Lipinski definition) is 5.